The first kappa shape index (κ1) is 46.8. The van der Waals surface area contributed by atoms with E-state index in [9.17, 15) is 14.3 Å². The molecule has 0 saturated heterocycles. The predicted molar refractivity (Wildman–Crippen MR) is 201 cm³/mol. The Bertz CT molecular complexity index is 792. The molecule has 0 aliphatic rings. The third-order valence-corrected chi connectivity index (χ3v) is 9.42. The molecular weight excluding hydrogens is 625 g/mol. The van der Waals surface area contributed by atoms with Crippen molar-refractivity contribution >= 4 is 13.8 Å². The highest BCUT2D eigenvalue weighted by molar-refractivity contribution is 7.47. The quantitative estimate of drug-likeness (QED) is 0.0215. The van der Waals surface area contributed by atoms with Gasteiger partial charge in [-0.1, -0.05) is 148 Å². The Kier molecular flexibility index (Phi) is 36.2. The summed E-state index contributed by atoms with van der Waals surface area (Å²) >= 11 is 0. The van der Waals surface area contributed by atoms with E-state index in [1.807, 2.05) is 6.08 Å². The Labute approximate surface area is 296 Å². The van der Waals surface area contributed by atoms with E-state index in [-0.39, 0.29) is 32.3 Å². The molecule has 0 aromatic heterocycles. The molecule has 0 saturated carbocycles. The van der Waals surface area contributed by atoms with E-state index in [1.54, 1.807) is 6.26 Å². The Morgan fingerprint density at radius 2 is 1.06 bits per heavy atom. The Morgan fingerprint density at radius 3 is 1.56 bits per heavy atom. The lowest BCUT2D eigenvalue weighted by Gasteiger charge is -2.19. The third-order valence-electron chi connectivity index (χ3n) is 8.44. The van der Waals surface area contributed by atoms with Crippen molar-refractivity contribution in [2.45, 2.75) is 193 Å². The zero-order valence-electron chi connectivity index (χ0n) is 31.2. The normalized spacial score (nSPS) is 13.8. The number of esters is 1. The van der Waals surface area contributed by atoms with E-state index in [0.717, 1.165) is 32.1 Å². The lowest BCUT2D eigenvalue weighted by molar-refractivity contribution is -0.153. The Morgan fingerprint density at radius 1 is 0.625 bits per heavy atom. The zero-order chi connectivity index (χ0) is 35.2. The molecule has 0 aliphatic heterocycles. The molecule has 0 rings (SSSR count). The molecule has 0 aliphatic carbocycles. The molecule has 0 aromatic carbocycles. The molecule has 2 atom stereocenters. The predicted octanol–water partition coefficient (Wildman–Crippen LogP) is 11.6. The second kappa shape index (κ2) is 37.1. The van der Waals surface area contributed by atoms with Gasteiger partial charge in [0.2, 0.25) is 0 Å². The fraction of sp³-hybridized carbons (Fsp3) is 0.872. The molecule has 0 bridgehead atoms. The maximum Gasteiger partial charge on any atom is 0.472 e. The third kappa shape index (κ3) is 36.1. The summed E-state index contributed by atoms with van der Waals surface area (Å²) in [5, 5.41) is 0. The number of phosphoric acid groups is 1. The molecule has 9 heteroatoms. The highest BCUT2D eigenvalue weighted by Gasteiger charge is 2.25. The number of phosphoric ester groups is 1. The van der Waals surface area contributed by atoms with Crippen LogP contribution in [-0.4, -0.2) is 43.3 Å². The molecule has 0 radical (unpaired) electrons. The minimum absolute atomic E-state index is 0.0334. The second-order valence-electron chi connectivity index (χ2n) is 13.2. The summed E-state index contributed by atoms with van der Waals surface area (Å²) in [7, 11) is -4.28. The zero-order valence-corrected chi connectivity index (χ0v) is 32.1. The van der Waals surface area contributed by atoms with E-state index in [1.165, 1.54) is 135 Å². The lowest BCUT2D eigenvalue weighted by Crippen LogP contribution is -2.27. The van der Waals surface area contributed by atoms with E-state index in [4.69, 9.17) is 24.3 Å². The molecule has 0 spiro atoms. The van der Waals surface area contributed by atoms with Crippen LogP contribution < -0.4 is 5.73 Å². The largest absolute Gasteiger partial charge is 0.498 e. The molecule has 0 heterocycles. The van der Waals surface area contributed by atoms with Gasteiger partial charge in [0, 0.05) is 13.0 Å². The first-order chi connectivity index (χ1) is 23.4. The van der Waals surface area contributed by atoms with Gasteiger partial charge >= 0.3 is 13.8 Å². The van der Waals surface area contributed by atoms with Crippen molar-refractivity contribution in [3.05, 3.63) is 24.5 Å². The Balaban J connectivity index is 4.12. The number of unbranched alkanes of at least 4 members (excludes halogenated alkanes) is 23. The maximum absolute atomic E-state index is 12.5. The van der Waals surface area contributed by atoms with Crippen LogP contribution in [0.15, 0.2) is 24.5 Å². The van der Waals surface area contributed by atoms with Crippen molar-refractivity contribution in [1.29, 1.82) is 0 Å². The van der Waals surface area contributed by atoms with Crippen LogP contribution in [0.3, 0.4) is 0 Å². The molecule has 8 nitrogen and oxygen atoms in total. The van der Waals surface area contributed by atoms with Crippen LogP contribution in [0.5, 0.6) is 0 Å². The van der Waals surface area contributed by atoms with E-state index >= 15 is 0 Å². The summed E-state index contributed by atoms with van der Waals surface area (Å²) in [5.41, 5.74) is 5.35. The number of carbonyl (C=O) groups excluding carboxylic acids is 1. The van der Waals surface area contributed by atoms with Crippen molar-refractivity contribution in [1.82, 2.24) is 0 Å². The topological polar surface area (TPSA) is 117 Å². The van der Waals surface area contributed by atoms with Gasteiger partial charge < -0.3 is 20.1 Å². The summed E-state index contributed by atoms with van der Waals surface area (Å²) in [6.45, 7) is 4.23. The standard InChI is InChI=1S/C39H76NO7P/c1-3-5-7-9-11-13-15-17-19-20-22-24-26-28-30-32-39(41)47-38(37-46-48(42,43)45-35-33-40)36-44-34-31-29-27-25-23-21-18-16-14-12-10-8-6-4-2/h13,15,31,34,38H,3-12,14,16-30,32-33,35-37,40H2,1-2H3,(H,42,43)/b15-13+,34-31+/t38-/m1/s1. The van der Waals surface area contributed by atoms with Gasteiger partial charge in [-0.25, -0.2) is 4.57 Å². The van der Waals surface area contributed by atoms with Gasteiger partial charge in [-0.3, -0.25) is 13.8 Å². The highest BCUT2D eigenvalue weighted by Crippen LogP contribution is 2.43. The number of carbonyl (C=O) groups is 1. The van der Waals surface area contributed by atoms with E-state index in [2.05, 4.69) is 26.0 Å². The summed E-state index contributed by atoms with van der Waals surface area (Å²) in [6.07, 6.45) is 39.9. The molecule has 1 unspecified atom stereocenters. The van der Waals surface area contributed by atoms with Crippen molar-refractivity contribution in [3.63, 3.8) is 0 Å². The van der Waals surface area contributed by atoms with Gasteiger partial charge in [0.15, 0.2) is 6.10 Å². The minimum atomic E-state index is -4.28. The molecule has 48 heavy (non-hydrogen) atoms. The van der Waals surface area contributed by atoms with Gasteiger partial charge in [0.1, 0.15) is 6.61 Å². The summed E-state index contributed by atoms with van der Waals surface area (Å²) in [5.74, 6) is -0.357. The number of ether oxygens (including phenoxy) is 2. The SMILES string of the molecule is CCCCCC/C=C/CCCCCCCCCC(=O)O[C@H](CO/C=C/CCCCCCCCCCCCCC)COP(=O)(O)OCCN. The molecular formula is C39H76NO7P. The minimum Gasteiger partial charge on any atom is -0.498 e. The second-order valence-corrected chi connectivity index (χ2v) is 14.7. The number of allylic oxidation sites excluding steroid dienone is 3. The average Bonchev–Trinajstić information content (AvgIpc) is 3.07. The Hall–Kier alpha value is -1.18. The molecule has 0 aromatic rings. The smallest absolute Gasteiger partial charge is 0.472 e. The fourth-order valence-corrected chi connectivity index (χ4v) is 6.25. The van der Waals surface area contributed by atoms with Crippen LogP contribution in [-0.2, 0) is 27.9 Å². The number of hydrogen-bond donors (Lipinski definition) is 2. The van der Waals surface area contributed by atoms with Crippen molar-refractivity contribution in [2.24, 2.45) is 5.73 Å². The summed E-state index contributed by atoms with van der Waals surface area (Å²) in [4.78, 5) is 22.4. The van der Waals surface area contributed by atoms with Crippen molar-refractivity contribution in [2.75, 3.05) is 26.4 Å². The summed E-state index contributed by atoms with van der Waals surface area (Å²) < 4.78 is 33.1. The van der Waals surface area contributed by atoms with Gasteiger partial charge in [-0.15, -0.1) is 0 Å². The van der Waals surface area contributed by atoms with Crippen LogP contribution in [0, 0.1) is 0 Å². The van der Waals surface area contributed by atoms with E-state index < -0.39 is 13.9 Å². The van der Waals surface area contributed by atoms with Crippen molar-refractivity contribution in [3.8, 4) is 0 Å². The van der Waals surface area contributed by atoms with Crippen LogP contribution in [0.1, 0.15) is 187 Å². The number of rotatable bonds is 38. The van der Waals surface area contributed by atoms with Crippen molar-refractivity contribution < 1.29 is 32.8 Å². The molecule has 0 fully saturated rings. The fourth-order valence-electron chi connectivity index (χ4n) is 5.49. The first-order valence-electron chi connectivity index (χ1n) is 19.9. The van der Waals surface area contributed by atoms with Crippen LogP contribution in [0.2, 0.25) is 0 Å². The summed E-state index contributed by atoms with van der Waals surface area (Å²) in [6, 6.07) is 0. The van der Waals surface area contributed by atoms with Gasteiger partial charge in [-0.05, 0) is 51.0 Å². The van der Waals surface area contributed by atoms with E-state index in [0.29, 0.717) is 6.42 Å². The van der Waals surface area contributed by atoms with Crippen LogP contribution in [0.25, 0.3) is 0 Å². The van der Waals surface area contributed by atoms with Gasteiger partial charge in [0.25, 0.3) is 0 Å². The molecule has 0 amide bonds. The number of hydrogen-bond acceptors (Lipinski definition) is 7. The maximum atomic E-state index is 12.5. The monoisotopic (exact) mass is 702 g/mol. The number of nitrogens with two attached hydrogens (primary N) is 1. The van der Waals surface area contributed by atoms with Gasteiger partial charge in [-0.2, -0.15) is 0 Å². The van der Waals surface area contributed by atoms with Gasteiger partial charge in [0.05, 0.1) is 19.5 Å². The molecule has 284 valence electrons. The molecule has 3 N–H and O–H groups in total. The lowest BCUT2D eigenvalue weighted by atomic mass is 10.0. The van der Waals surface area contributed by atoms with Crippen LogP contribution in [0.4, 0.5) is 0 Å². The average molecular weight is 702 g/mol. The highest BCUT2D eigenvalue weighted by atomic mass is 31.2. The van der Waals surface area contributed by atoms with Crippen LogP contribution >= 0.6 is 7.82 Å². The first-order valence-corrected chi connectivity index (χ1v) is 21.4.